The third-order valence-corrected chi connectivity index (χ3v) is 0. The first kappa shape index (κ1) is 339. The largest absolute Gasteiger partial charge is 0.107 e. The predicted octanol–water partition coefficient (Wildman–Crippen LogP) is 6.34. The average Bonchev–Trinajstić information content (AvgIpc) is 1.00. The van der Waals surface area contributed by atoms with Crippen molar-refractivity contribution in [1.82, 2.24) is 0 Å². The minimum absolute atomic E-state index is 0. The van der Waals surface area contributed by atoms with Gasteiger partial charge in [0.2, 0.25) is 0 Å². The quantitative estimate of drug-likeness (QED) is 0.451. The molecule has 0 aromatic rings. The van der Waals surface area contributed by atoms with Crippen LogP contribution >= 0.6 is 23.8 Å². The lowest BCUT2D eigenvalue weighted by Gasteiger charge is -0.108. The second-order valence-electron chi connectivity index (χ2n) is 0. The van der Waals surface area contributed by atoms with Crippen LogP contribution in [0.3, 0.4) is 0 Å². The van der Waals surface area contributed by atoms with Gasteiger partial charge in [-0.1, -0.05) is 66.8 Å². The molecule has 0 aliphatic heterocycles. The van der Waals surface area contributed by atoms with Crippen molar-refractivity contribution in [2.24, 2.45) is 0 Å². The molecule has 0 bridgehead atoms. The molecule has 0 heterocycles. The first-order valence-electron chi connectivity index (χ1n) is 0.378. The SMILES string of the molecule is C.C.C.C.C.C.C.C.C.[2H]I. The van der Waals surface area contributed by atoms with Crippen LogP contribution in [0, 0.1) is 0 Å². The Kier molecular flexibility index (Phi) is 47200. The second kappa shape index (κ2) is 1390. The van der Waals surface area contributed by atoms with Crippen molar-refractivity contribution in [2.45, 2.75) is 66.8 Å². The molecule has 0 aliphatic rings. The summed E-state index contributed by atoms with van der Waals surface area (Å²) >= 11 is 1.40. The summed E-state index contributed by atoms with van der Waals surface area (Å²) in [4.78, 5) is 0. The van der Waals surface area contributed by atoms with Crippen LogP contribution in [0.25, 0.3) is 0 Å². The van der Waals surface area contributed by atoms with E-state index < -0.39 is 0 Å². The van der Waals surface area contributed by atoms with Gasteiger partial charge in [-0.05, 0) is 0 Å². The first-order valence-corrected chi connectivity index (χ1v) is 0. The summed E-state index contributed by atoms with van der Waals surface area (Å²) < 4.78 is 5.72. The minimum Gasteiger partial charge on any atom is -0.107 e. The fourth-order valence-corrected chi connectivity index (χ4v) is 0. The van der Waals surface area contributed by atoms with E-state index in [2.05, 4.69) is 0 Å². The smallest absolute Gasteiger partial charge is 0.107 e. The zero-order valence-corrected chi connectivity index (χ0v) is 2.54. The molecule has 0 spiro atoms. The van der Waals surface area contributed by atoms with Crippen molar-refractivity contribution in [2.75, 3.05) is 0 Å². The molecule has 80 valence electrons. The maximum absolute atomic E-state index is 5.72. The van der Waals surface area contributed by atoms with E-state index in [1.165, 1.54) is 23.8 Å². The molecule has 0 radical (unpaired) electrons. The lowest BCUT2D eigenvalue weighted by molar-refractivity contribution is 2.50. The van der Waals surface area contributed by atoms with Crippen molar-refractivity contribution in [1.29, 1.82) is 0.594 Å². The fourth-order valence-electron chi connectivity index (χ4n) is 0. The van der Waals surface area contributed by atoms with Crippen LogP contribution in [0.15, 0.2) is 0 Å². The Morgan fingerprint density at radius 2 is 0.400 bits per heavy atom. The fraction of sp³-hybridized carbons (Fsp3) is 1.00. The first-order chi connectivity index (χ1) is 1.00. The van der Waals surface area contributed by atoms with Crippen molar-refractivity contribution < 1.29 is 0 Å². The van der Waals surface area contributed by atoms with E-state index in [1.54, 1.807) is 0 Å². The highest BCUT2D eigenvalue weighted by Gasteiger charge is -0.0693. The lowest BCUT2D eigenvalue weighted by atomic mass is 12.0. The van der Waals surface area contributed by atoms with Crippen molar-refractivity contribution >= 4 is 23.8 Å². The van der Waals surface area contributed by atoms with Gasteiger partial charge >= 0.3 is 0 Å². The van der Waals surface area contributed by atoms with Gasteiger partial charge in [-0.25, -0.2) is 0 Å². The molecule has 0 aliphatic carbocycles. The van der Waals surface area contributed by atoms with Crippen molar-refractivity contribution in [3.05, 3.63) is 0 Å². The van der Waals surface area contributed by atoms with Crippen LogP contribution in [-0.2, 0) is 0 Å². The summed E-state index contributed by atoms with van der Waals surface area (Å²) in [7, 11) is 0. The van der Waals surface area contributed by atoms with Crippen molar-refractivity contribution in [3.63, 3.8) is 0 Å². The van der Waals surface area contributed by atoms with Crippen LogP contribution in [0.2, 0.25) is 0 Å². The molecule has 0 unspecified atom stereocenters. The molecule has 0 saturated heterocycles. The van der Waals surface area contributed by atoms with Gasteiger partial charge in [0.25, 0.3) is 0 Å². The normalized spacial score (nSPS) is 0.700. The molecule has 0 aromatic heterocycles. The molecule has 0 aromatic carbocycles. The average molecular weight is 273 g/mol. The Morgan fingerprint density at radius 3 is 0.400 bits per heavy atom. The molecule has 0 N–H and O–H groups in total. The standard InChI is InChI=1S/9CH4.HI/h9*1H4;1H/i/hD. The highest BCUT2D eigenvalue weighted by molar-refractivity contribution is 14.0. The van der Waals surface area contributed by atoms with E-state index in [4.69, 9.17) is 0.594 Å². The lowest BCUT2D eigenvalue weighted by Crippen LogP contribution is 0.143. The topological polar surface area (TPSA) is 0 Å². The molecule has 10 heavy (non-hydrogen) atoms. The van der Waals surface area contributed by atoms with Gasteiger partial charge in [0.15, 0.2) is 0 Å². The Hall–Kier alpha value is 0.730. The predicted molar refractivity (Wildman–Crippen MR) is 76.0 cm³/mol. The molecule has 0 saturated carbocycles. The highest BCUT2D eigenvalue weighted by atomic mass is 127. The Balaban J connectivity index is -0.000000000139. The summed E-state index contributed by atoms with van der Waals surface area (Å²) in [5, 5.41) is 0. The van der Waals surface area contributed by atoms with E-state index >= 15 is 0 Å². The Labute approximate surface area is 91.3 Å². The van der Waals surface area contributed by atoms with E-state index in [9.17, 15) is 0 Å². The zero-order valence-electron chi connectivity index (χ0n) is 1.38. The van der Waals surface area contributed by atoms with Crippen LogP contribution in [-0.4, -0.2) is 0.594 Å². The van der Waals surface area contributed by atoms with Crippen LogP contribution in [0.1, 0.15) is 66.8 Å². The summed E-state index contributed by atoms with van der Waals surface area (Å²) in [5.74, 6) is 0. The van der Waals surface area contributed by atoms with Gasteiger partial charge in [-0.3, -0.25) is 0 Å². The summed E-state index contributed by atoms with van der Waals surface area (Å²) in [6.45, 7) is 0. The van der Waals surface area contributed by atoms with Gasteiger partial charge in [0.05, 0.1) is 0 Å². The molecular weight excluding hydrogens is 235 g/mol. The van der Waals surface area contributed by atoms with E-state index in [1.807, 2.05) is 0 Å². The maximum atomic E-state index is 5.72. The summed E-state index contributed by atoms with van der Waals surface area (Å²) in [6.07, 6.45) is 0. The number of hydrogen-bond acceptors (Lipinski definition) is 0. The van der Waals surface area contributed by atoms with Gasteiger partial charge in [-0.15, -0.1) is 23.8 Å². The number of rotatable bonds is 0. The second-order valence-corrected chi connectivity index (χ2v) is 0. The van der Waals surface area contributed by atoms with Gasteiger partial charge in [0, 0.05) is 0 Å². The minimum atomic E-state index is 0. The van der Waals surface area contributed by atoms with Crippen LogP contribution < -0.4 is 0 Å². The Bertz CT molecular complexity index is 9.52. The molecule has 0 amide bonds. The molecular formula is C9H37I. The van der Waals surface area contributed by atoms with Gasteiger partial charge < -0.3 is 0 Å². The number of hydrogen-bond donors (Lipinski definition) is 0. The molecule has 0 nitrogen and oxygen atoms in total. The van der Waals surface area contributed by atoms with Crippen molar-refractivity contribution in [3.8, 4) is 0 Å². The van der Waals surface area contributed by atoms with Gasteiger partial charge in [0.1, 0.15) is 0.594 Å². The molecule has 1 heteroatoms. The molecule has 0 rings (SSSR count). The maximum Gasteiger partial charge on any atom is 0.107 e. The zero-order chi connectivity index (χ0) is 2.00. The third-order valence-electron chi connectivity index (χ3n) is 0. The molecule has 0 atom stereocenters. The van der Waals surface area contributed by atoms with Crippen LogP contribution in [0.5, 0.6) is 0 Å². The Morgan fingerprint density at radius 1 is 0.400 bits per heavy atom. The summed E-state index contributed by atoms with van der Waals surface area (Å²) in [5.41, 5.74) is 0. The van der Waals surface area contributed by atoms with E-state index in [0.29, 0.717) is 0 Å². The molecule has 0 fully saturated rings. The highest BCUT2D eigenvalue weighted by Crippen LogP contribution is 0.886. The van der Waals surface area contributed by atoms with Gasteiger partial charge in [-0.2, -0.15) is 0 Å². The summed E-state index contributed by atoms with van der Waals surface area (Å²) in [6, 6.07) is 0. The monoisotopic (exact) mass is 273 g/mol. The third kappa shape index (κ3) is 979. The van der Waals surface area contributed by atoms with E-state index in [0.717, 1.165) is 0 Å². The van der Waals surface area contributed by atoms with Crippen LogP contribution in [0.4, 0.5) is 0 Å². The number of halogens is 1. The van der Waals surface area contributed by atoms with E-state index in [-0.39, 0.29) is 66.8 Å².